The average Bonchev–Trinajstić information content (AvgIpc) is 2.91. The number of aryl methyl sites for hydroxylation is 1. The van der Waals surface area contributed by atoms with Crippen molar-refractivity contribution in [2.75, 3.05) is 0 Å². The third-order valence-corrected chi connectivity index (χ3v) is 3.61. The Morgan fingerprint density at radius 2 is 2.00 bits per heavy atom. The average molecular weight is 302 g/mol. The van der Waals surface area contributed by atoms with Gasteiger partial charge in [-0.15, -0.1) is 10.2 Å². The molecule has 0 atom stereocenters. The molecule has 0 saturated heterocycles. The van der Waals surface area contributed by atoms with E-state index in [0.717, 1.165) is 12.0 Å². The first-order chi connectivity index (χ1) is 10.1. The van der Waals surface area contributed by atoms with Crippen molar-refractivity contribution >= 4 is 23.2 Å². The van der Waals surface area contributed by atoms with Crippen LogP contribution in [0.1, 0.15) is 22.8 Å². The maximum absolute atomic E-state index is 11.1. The molecule has 0 unspecified atom stereocenters. The molecule has 0 amide bonds. The first kappa shape index (κ1) is 13.6. The van der Waals surface area contributed by atoms with Crippen LogP contribution >= 0.6 is 11.6 Å². The molecule has 0 aliphatic heterocycles. The lowest BCUT2D eigenvalue weighted by Gasteiger charge is -2.04. The van der Waals surface area contributed by atoms with E-state index in [2.05, 4.69) is 17.1 Å². The van der Waals surface area contributed by atoms with Crippen molar-refractivity contribution in [1.29, 1.82) is 0 Å². The van der Waals surface area contributed by atoms with Crippen molar-refractivity contribution in [3.8, 4) is 11.4 Å². The van der Waals surface area contributed by atoms with Gasteiger partial charge in [0.25, 0.3) is 0 Å². The first-order valence-electron chi connectivity index (χ1n) is 6.47. The molecule has 3 aromatic rings. The molecule has 0 saturated carbocycles. The van der Waals surface area contributed by atoms with E-state index in [4.69, 9.17) is 16.7 Å². The van der Waals surface area contributed by atoms with Crippen molar-refractivity contribution in [2.45, 2.75) is 13.3 Å². The minimum absolute atomic E-state index is 0.0960. The summed E-state index contributed by atoms with van der Waals surface area (Å²) >= 11 is 6.07. The lowest BCUT2D eigenvalue weighted by molar-refractivity contribution is 0.0696. The summed E-state index contributed by atoms with van der Waals surface area (Å²) in [5.41, 5.74) is 2.62. The summed E-state index contributed by atoms with van der Waals surface area (Å²) in [7, 11) is 0. The predicted molar refractivity (Wildman–Crippen MR) is 79.8 cm³/mol. The van der Waals surface area contributed by atoms with Crippen LogP contribution in [-0.4, -0.2) is 25.7 Å². The molecule has 21 heavy (non-hydrogen) atoms. The molecule has 6 heteroatoms. The maximum Gasteiger partial charge on any atom is 0.337 e. The number of hydrogen-bond acceptors (Lipinski definition) is 3. The van der Waals surface area contributed by atoms with E-state index in [0.29, 0.717) is 11.5 Å². The Balaban J connectivity index is 2.20. The van der Waals surface area contributed by atoms with Crippen LogP contribution in [0.25, 0.3) is 17.0 Å². The van der Waals surface area contributed by atoms with Crippen LogP contribution in [0.2, 0.25) is 5.02 Å². The Hall–Kier alpha value is -2.40. The van der Waals surface area contributed by atoms with Crippen LogP contribution in [0.5, 0.6) is 0 Å². The molecule has 2 aromatic heterocycles. The van der Waals surface area contributed by atoms with Crippen LogP contribution in [0.4, 0.5) is 0 Å². The standard InChI is InChI=1S/C15H12ClN3O2/c1-2-9-3-5-10(6-4-9)13-17-18-14-12(16)7-11(15(20)21)8-19(13)14/h3-8H,2H2,1H3,(H,20,21). The van der Waals surface area contributed by atoms with Gasteiger partial charge < -0.3 is 5.11 Å². The van der Waals surface area contributed by atoms with Gasteiger partial charge in [0.1, 0.15) is 0 Å². The molecular formula is C15H12ClN3O2. The summed E-state index contributed by atoms with van der Waals surface area (Å²) in [6.45, 7) is 2.08. The van der Waals surface area contributed by atoms with E-state index in [1.54, 1.807) is 4.40 Å². The lowest BCUT2D eigenvalue weighted by atomic mass is 10.1. The van der Waals surface area contributed by atoms with Crippen LogP contribution < -0.4 is 0 Å². The number of aromatic nitrogens is 3. The highest BCUT2D eigenvalue weighted by Crippen LogP contribution is 2.24. The second-order valence-corrected chi connectivity index (χ2v) is 5.06. The second-order valence-electron chi connectivity index (χ2n) is 4.65. The molecule has 5 nitrogen and oxygen atoms in total. The number of carboxylic acid groups (broad SMARTS) is 1. The van der Waals surface area contributed by atoms with Crippen molar-refractivity contribution in [3.63, 3.8) is 0 Å². The van der Waals surface area contributed by atoms with E-state index in [9.17, 15) is 4.79 Å². The number of nitrogens with zero attached hydrogens (tertiary/aromatic N) is 3. The number of aromatic carboxylic acids is 1. The Bertz CT molecular complexity index is 825. The van der Waals surface area contributed by atoms with Gasteiger partial charge in [-0.2, -0.15) is 0 Å². The van der Waals surface area contributed by atoms with Crippen molar-refractivity contribution in [3.05, 3.63) is 52.7 Å². The fraction of sp³-hybridized carbons (Fsp3) is 0.133. The summed E-state index contributed by atoms with van der Waals surface area (Å²) < 4.78 is 1.60. The first-order valence-corrected chi connectivity index (χ1v) is 6.85. The molecule has 1 N–H and O–H groups in total. The quantitative estimate of drug-likeness (QED) is 0.806. The molecule has 0 aliphatic rings. The van der Waals surface area contributed by atoms with Crippen molar-refractivity contribution in [2.24, 2.45) is 0 Å². The molecule has 0 radical (unpaired) electrons. The molecular weight excluding hydrogens is 290 g/mol. The number of benzene rings is 1. The van der Waals surface area contributed by atoms with Gasteiger partial charge >= 0.3 is 5.97 Å². The van der Waals surface area contributed by atoms with Crippen molar-refractivity contribution < 1.29 is 9.90 Å². The Labute approximate surface area is 125 Å². The van der Waals surface area contributed by atoms with Crippen LogP contribution in [0.3, 0.4) is 0 Å². The van der Waals surface area contributed by atoms with Gasteiger partial charge in [0.2, 0.25) is 0 Å². The van der Waals surface area contributed by atoms with Gasteiger partial charge in [-0.05, 0) is 18.1 Å². The van der Waals surface area contributed by atoms with Gasteiger partial charge in [-0.1, -0.05) is 42.8 Å². The van der Waals surface area contributed by atoms with E-state index in [1.165, 1.54) is 17.8 Å². The highest BCUT2D eigenvalue weighted by Gasteiger charge is 2.14. The van der Waals surface area contributed by atoms with Crippen molar-refractivity contribution in [1.82, 2.24) is 14.6 Å². The van der Waals surface area contributed by atoms with Gasteiger partial charge in [0.15, 0.2) is 11.5 Å². The van der Waals surface area contributed by atoms with Crippen LogP contribution in [0.15, 0.2) is 36.5 Å². The Kier molecular flexibility index (Phi) is 3.35. The van der Waals surface area contributed by atoms with E-state index < -0.39 is 5.97 Å². The number of rotatable bonds is 3. The molecule has 3 rings (SSSR count). The number of halogens is 1. The van der Waals surface area contributed by atoms with Crippen LogP contribution in [0, 0.1) is 0 Å². The second kappa shape index (κ2) is 5.18. The van der Waals surface area contributed by atoms with E-state index >= 15 is 0 Å². The summed E-state index contributed by atoms with van der Waals surface area (Å²) in [6, 6.07) is 9.28. The zero-order valence-electron chi connectivity index (χ0n) is 11.2. The number of fused-ring (bicyclic) bond motifs is 1. The minimum Gasteiger partial charge on any atom is -0.478 e. The smallest absolute Gasteiger partial charge is 0.337 e. The third kappa shape index (κ3) is 2.36. The predicted octanol–water partition coefficient (Wildman–Crippen LogP) is 3.31. The molecule has 0 bridgehead atoms. The van der Waals surface area contributed by atoms with E-state index in [1.807, 2.05) is 24.3 Å². The Morgan fingerprint density at radius 3 is 2.62 bits per heavy atom. The minimum atomic E-state index is -1.04. The molecule has 0 aliphatic carbocycles. The maximum atomic E-state index is 11.1. The fourth-order valence-corrected chi connectivity index (χ4v) is 2.40. The highest BCUT2D eigenvalue weighted by molar-refractivity contribution is 6.33. The lowest BCUT2D eigenvalue weighted by Crippen LogP contribution is -2.00. The molecule has 0 spiro atoms. The number of pyridine rings is 1. The number of hydrogen-bond donors (Lipinski definition) is 1. The largest absolute Gasteiger partial charge is 0.478 e. The van der Waals surface area contributed by atoms with Gasteiger partial charge in [0, 0.05) is 11.8 Å². The molecule has 1 aromatic carbocycles. The topological polar surface area (TPSA) is 67.5 Å². The number of carbonyl (C=O) groups is 1. The zero-order chi connectivity index (χ0) is 15.0. The SMILES string of the molecule is CCc1ccc(-c2nnc3c(Cl)cc(C(=O)O)cn23)cc1. The van der Waals surface area contributed by atoms with E-state index in [-0.39, 0.29) is 10.6 Å². The highest BCUT2D eigenvalue weighted by atomic mass is 35.5. The number of carboxylic acids is 1. The summed E-state index contributed by atoms with van der Waals surface area (Å²) in [4.78, 5) is 11.1. The molecule has 2 heterocycles. The van der Waals surface area contributed by atoms with Gasteiger partial charge in [-0.3, -0.25) is 4.40 Å². The Morgan fingerprint density at radius 1 is 1.29 bits per heavy atom. The third-order valence-electron chi connectivity index (χ3n) is 3.33. The van der Waals surface area contributed by atoms with Gasteiger partial charge in [-0.25, -0.2) is 4.79 Å². The zero-order valence-corrected chi connectivity index (χ0v) is 12.0. The normalized spacial score (nSPS) is 11.0. The summed E-state index contributed by atoms with van der Waals surface area (Å²) in [6.07, 6.45) is 2.43. The summed E-state index contributed by atoms with van der Waals surface area (Å²) in [5, 5.41) is 17.5. The monoisotopic (exact) mass is 301 g/mol. The molecule has 106 valence electrons. The molecule has 0 fully saturated rings. The summed E-state index contributed by atoms with van der Waals surface area (Å²) in [5.74, 6) is -0.475. The van der Waals surface area contributed by atoms with Crippen LogP contribution in [-0.2, 0) is 6.42 Å². The fourth-order valence-electron chi connectivity index (χ4n) is 2.16. The van der Waals surface area contributed by atoms with Gasteiger partial charge in [0.05, 0.1) is 10.6 Å².